The van der Waals surface area contributed by atoms with E-state index in [2.05, 4.69) is 5.32 Å². The lowest BCUT2D eigenvalue weighted by Crippen LogP contribution is -2.15. The van der Waals surface area contributed by atoms with E-state index in [1.54, 1.807) is 0 Å². The van der Waals surface area contributed by atoms with E-state index >= 15 is 0 Å². The first-order valence-corrected chi connectivity index (χ1v) is 2.21. The topological polar surface area (TPSA) is 51.4 Å². The summed E-state index contributed by atoms with van der Waals surface area (Å²) in [7, 11) is 0. The van der Waals surface area contributed by atoms with Gasteiger partial charge in [-0.05, 0) is 0 Å². The molecule has 0 aromatic rings. The summed E-state index contributed by atoms with van der Waals surface area (Å²) in [5.74, 6) is -0.174. The van der Waals surface area contributed by atoms with Gasteiger partial charge in [-0.1, -0.05) is 0 Å². The van der Waals surface area contributed by atoms with Gasteiger partial charge < -0.3 is 5.11 Å². The van der Waals surface area contributed by atoms with Gasteiger partial charge in [0.25, 0.3) is 0 Å². The van der Waals surface area contributed by atoms with Gasteiger partial charge in [0.05, 0.1) is 0 Å². The Balaban J connectivity index is 2.40. The van der Waals surface area contributed by atoms with Crippen LogP contribution in [0.4, 0.5) is 0 Å². The van der Waals surface area contributed by atoms with Gasteiger partial charge in [-0.25, -0.2) is 5.32 Å². The third kappa shape index (κ3) is 0.899. The van der Waals surface area contributed by atoms with Gasteiger partial charge in [-0.2, -0.15) is 0 Å². The Morgan fingerprint density at radius 3 is 2.71 bits per heavy atom. The molecule has 1 saturated heterocycles. The van der Waals surface area contributed by atoms with Crippen LogP contribution < -0.4 is 5.32 Å². The second kappa shape index (κ2) is 1.50. The molecule has 1 amide bonds. The molecule has 1 atom stereocenters. The van der Waals surface area contributed by atoms with E-state index in [1.165, 1.54) is 0 Å². The quantitative estimate of drug-likeness (QED) is 0.434. The van der Waals surface area contributed by atoms with Gasteiger partial charge in [0.1, 0.15) is 6.23 Å². The second-order valence-corrected chi connectivity index (χ2v) is 1.54. The minimum absolute atomic E-state index is 0.174. The fourth-order valence-electron chi connectivity index (χ4n) is 0.548. The van der Waals surface area contributed by atoms with E-state index in [-0.39, 0.29) is 5.91 Å². The van der Waals surface area contributed by atoms with E-state index < -0.39 is 6.23 Å². The van der Waals surface area contributed by atoms with Crippen molar-refractivity contribution in [2.75, 3.05) is 0 Å². The van der Waals surface area contributed by atoms with Crippen molar-refractivity contribution < 1.29 is 9.90 Å². The lowest BCUT2D eigenvalue weighted by atomic mass is 10.4. The predicted molar refractivity (Wildman–Crippen MR) is 22.4 cm³/mol. The molecule has 3 heteroatoms. The monoisotopic (exact) mass is 100 g/mol. The molecule has 0 bridgehead atoms. The summed E-state index contributed by atoms with van der Waals surface area (Å²) < 4.78 is 0. The highest BCUT2D eigenvalue weighted by Gasteiger charge is 2.19. The van der Waals surface area contributed by atoms with Crippen molar-refractivity contribution in [3.63, 3.8) is 0 Å². The smallest absolute Gasteiger partial charge is 0.243 e. The summed E-state index contributed by atoms with van der Waals surface area (Å²) in [6.07, 6.45) is 0.229. The maximum absolute atomic E-state index is 10.1. The summed E-state index contributed by atoms with van der Waals surface area (Å²) >= 11 is 0. The normalized spacial score (nSPS) is 30.4. The Hall–Kier alpha value is -0.570. The highest BCUT2D eigenvalue weighted by Crippen LogP contribution is 2.03. The maximum atomic E-state index is 10.1. The average Bonchev–Trinajstić information content (AvgIpc) is 1.87. The first kappa shape index (κ1) is 4.59. The fraction of sp³-hybridized carbons (Fsp3) is 0.750. The van der Waals surface area contributed by atoms with Crippen molar-refractivity contribution in [2.24, 2.45) is 0 Å². The van der Waals surface area contributed by atoms with Crippen LogP contribution in [0.1, 0.15) is 12.8 Å². The molecule has 0 aromatic heterocycles. The summed E-state index contributed by atoms with van der Waals surface area (Å²) in [4.78, 5) is 10.1. The number of carbonyl (C=O) groups is 1. The number of aliphatic hydroxyl groups is 1. The molecule has 0 aromatic carbocycles. The number of hydrogen-bond donors (Lipinski definition) is 1. The molecule has 1 aliphatic heterocycles. The van der Waals surface area contributed by atoms with Crippen LogP contribution >= 0.6 is 0 Å². The van der Waals surface area contributed by atoms with Gasteiger partial charge in [0.2, 0.25) is 5.91 Å². The molecule has 1 fully saturated rings. The number of nitrogens with zero attached hydrogens (tertiary/aromatic N) is 1. The molecule has 7 heavy (non-hydrogen) atoms. The predicted octanol–water partition coefficient (Wildman–Crippen LogP) is -0.770. The highest BCUT2D eigenvalue weighted by molar-refractivity contribution is 5.77. The van der Waals surface area contributed by atoms with Crippen LogP contribution in [0, 0.1) is 0 Å². The van der Waals surface area contributed by atoms with E-state index in [9.17, 15) is 4.79 Å². The van der Waals surface area contributed by atoms with Gasteiger partial charge in [0.15, 0.2) is 0 Å². The molecule has 0 saturated carbocycles. The molecule has 0 spiro atoms. The zero-order valence-electron chi connectivity index (χ0n) is 3.79. The van der Waals surface area contributed by atoms with Crippen molar-refractivity contribution >= 4 is 5.91 Å². The average molecular weight is 100 g/mol. The van der Waals surface area contributed by atoms with Crippen molar-refractivity contribution in [3.8, 4) is 0 Å². The number of aliphatic hydroxyl groups excluding tert-OH is 1. The number of hydrogen-bond acceptors (Lipinski definition) is 2. The van der Waals surface area contributed by atoms with Crippen LogP contribution in [0.15, 0.2) is 0 Å². The van der Waals surface area contributed by atoms with Crippen LogP contribution in [-0.4, -0.2) is 17.2 Å². The lowest BCUT2D eigenvalue weighted by Gasteiger charge is -1.90. The molecule has 0 aliphatic carbocycles. The van der Waals surface area contributed by atoms with E-state index in [0.29, 0.717) is 12.8 Å². The number of rotatable bonds is 0. The third-order valence-corrected chi connectivity index (χ3v) is 0.909. The molecular weight excluding hydrogens is 94.0 g/mol. The summed E-state index contributed by atoms with van der Waals surface area (Å²) in [5, 5.41) is 11.8. The van der Waals surface area contributed by atoms with Crippen molar-refractivity contribution in [3.05, 3.63) is 0 Å². The van der Waals surface area contributed by atoms with Gasteiger partial charge in [-0.3, -0.25) is 4.79 Å². The molecule has 1 unspecified atom stereocenters. The second-order valence-electron chi connectivity index (χ2n) is 1.54. The SMILES string of the molecule is O=C1CCC(O)[N]1. The zero-order chi connectivity index (χ0) is 5.28. The van der Waals surface area contributed by atoms with Crippen molar-refractivity contribution in [1.82, 2.24) is 5.32 Å². The third-order valence-electron chi connectivity index (χ3n) is 0.909. The molecule has 1 N–H and O–H groups in total. The standard InChI is InChI=1S/C4H6NO2/c6-3-1-2-4(7)5-3/h3,6H,1-2H2. The Kier molecular flexibility index (Phi) is 0.982. The molecule has 3 nitrogen and oxygen atoms in total. The molecule has 39 valence electrons. The van der Waals surface area contributed by atoms with E-state index in [0.717, 1.165) is 0 Å². The van der Waals surface area contributed by atoms with Crippen LogP contribution in [0.2, 0.25) is 0 Å². The van der Waals surface area contributed by atoms with Crippen molar-refractivity contribution in [1.29, 1.82) is 0 Å². The first-order valence-electron chi connectivity index (χ1n) is 2.21. The van der Waals surface area contributed by atoms with Crippen LogP contribution in [-0.2, 0) is 4.79 Å². The van der Waals surface area contributed by atoms with Gasteiger partial charge >= 0.3 is 0 Å². The lowest BCUT2D eigenvalue weighted by molar-refractivity contribution is -0.120. The molecule has 1 rings (SSSR count). The van der Waals surface area contributed by atoms with Crippen molar-refractivity contribution in [2.45, 2.75) is 19.1 Å². The summed E-state index contributed by atoms with van der Waals surface area (Å²) in [6, 6.07) is 0. The van der Waals surface area contributed by atoms with E-state index in [4.69, 9.17) is 5.11 Å². The molecule has 1 aliphatic rings. The fourth-order valence-corrected chi connectivity index (χ4v) is 0.548. The Labute approximate surface area is 41.3 Å². The maximum Gasteiger partial charge on any atom is 0.243 e. The number of carbonyl (C=O) groups excluding carboxylic acids is 1. The Morgan fingerprint density at radius 2 is 2.57 bits per heavy atom. The van der Waals surface area contributed by atoms with Crippen LogP contribution in [0.5, 0.6) is 0 Å². The summed E-state index contributed by atoms with van der Waals surface area (Å²) in [6.45, 7) is 0. The molecule has 1 radical (unpaired) electrons. The van der Waals surface area contributed by atoms with E-state index in [1.807, 2.05) is 0 Å². The Morgan fingerprint density at radius 1 is 1.86 bits per heavy atom. The van der Waals surface area contributed by atoms with Crippen LogP contribution in [0.3, 0.4) is 0 Å². The van der Waals surface area contributed by atoms with Crippen LogP contribution in [0.25, 0.3) is 0 Å². The summed E-state index contributed by atoms with van der Waals surface area (Å²) in [5.41, 5.74) is 0. The molecule has 1 heterocycles. The van der Waals surface area contributed by atoms with Gasteiger partial charge in [-0.15, -0.1) is 0 Å². The highest BCUT2D eigenvalue weighted by atomic mass is 16.3. The first-order chi connectivity index (χ1) is 3.29. The Bertz CT molecular complexity index is 91.7. The number of amides is 1. The minimum atomic E-state index is -0.701. The zero-order valence-corrected chi connectivity index (χ0v) is 3.79. The molecular formula is C4H6NO2. The van der Waals surface area contributed by atoms with Gasteiger partial charge in [0, 0.05) is 12.8 Å². The minimum Gasteiger partial charge on any atom is -0.372 e. The largest absolute Gasteiger partial charge is 0.372 e.